The van der Waals surface area contributed by atoms with E-state index < -0.39 is 0 Å². The van der Waals surface area contributed by atoms with Crippen molar-refractivity contribution in [1.82, 2.24) is 9.78 Å². The molecule has 3 heteroatoms. The molecule has 0 saturated heterocycles. The van der Waals surface area contributed by atoms with Gasteiger partial charge in [-0.15, -0.1) is 0 Å². The molecule has 0 atom stereocenters. The highest BCUT2D eigenvalue weighted by molar-refractivity contribution is 5.78. The second-order valence-corrected chi connectivity index (χ2v) is 5.01. The first-order chi connectivity index (χ1) is 8.29. The average Bonchev–Trinajstić information content (AvgIpc) is 2.97. The van der Waals surface area contributed by atoms with E-state index in [9.17, 15) is 4.79 Å². The molecular weight excluding hydrogens is 212 g/mol. The average molecular weight is 234 g/mol. The summed E-state index contributed by atoms with van der Waals surface area (Å²) in [5, 5.41) is 4.59. The molecule has 0 aromatic carbocycles. The van der Waals surface area contributed by atoms with Crippen molar-refractivity contribution >= 4 is 5.78 Å². The summed E-state index contributed by atoms with van der Waals surface area (Å²) in [7, 11) is 0. The Bertz CT molecular complexity index is 364. The van der Waals surface area contributed by atoms with Crippen molar-refractivity contribution in [3.05, 3.63) is 18.0 Å². The molecule has 17 heavy (non-hydrogen) atoms. The first-order valence-corrected chi connectivity index (χ1v) is 6.85. The number of hydrogen-bond donors (Lipinski definition) is 0. The summed E-state index contributed by atoms with van der Waals surface area (Å²) in [6.07, 6.45) is 10.4. The molecule has 0 spiro atoms. The Morgan fingerprint density at radius 2 is 2.18 bits per heavy atom. The van der Waals surface area contributed by atoms with Gasteiger partial charge in [0, 0.05) is 19.0 Å². The summed E-state index contributed by atoms with van der Waals surface area (Å²) in [5.41, 5.74) is 1.07. The molecule has 1 aliphatic rings. The Hall–Kier alpha value is -1.12. The topological polar surface area (TPSA) is 34.9 Å². The van der Waals surface area contributed by atoms with Gasteiger partial charge in [0.15, 0.2) is 0 Å². The summed E-state index contributed by atoms with van der Waals surface area (Å²) < 4.78 is 2.10. The first-order valence-electron chi connectivity index (χ1n) is 6.85. The van der Waals surface area contributed by atoms with Crippen molar-refractivity contribution in [2.24, 2.45) is 0 Å². The fraction of sp³-hybridized carbons (Fsp3) is 0.714. The lowest BCUT2D eigenvalue weighted by atomic mass is 10.1. The number of nitrogens with zero attached hydrogens (tertiary/aromatic N) is 2. The lowest BCUT2D eigenvalue weighted by molar-refractivity contribution is -0.119. The van der Waals surface area contributed by atoms with Gasteiger partial charge in [-0.05, 0) is 31.7 Å². The van der Waals surface area contributed by atoms with Crippen LogP contribution in [-0.4, -0.2) is 15.6 Å². The zero-order valence-electron chi connectivity index (χ0n) is 10.7. The molecule has 0 aliphatic heterocycles. The first kappa shape index (κ1) is 12.3. The number of ketones is 1. The third-order valence-electron chi connectivity index (χ3n) is 3.55. The zero-order chi connectivity index (χ0) is 12.1. The summed E-state index contributed by atoms with van der Waals surface area (Å²) in [4.78, 5) is 11.4. The van der Waals surface area contributed by atoms with Crippen LogP contribution in [0.4, 0.5) is 0 Å². The highest BCUT2D eigenvalue weighted by atomic mass is 16.1. The Morgan fingerprint density at radius 3 is 2.88 bits per heavy atom. The van der Waals surface area contributed by atoms with Crippen LogP contribution in [0.1, 0.15) is 63.6 Å². The number of Topliss-reactive ketones (excluding diaryl/α,β-unsaturated/α-hetero) is 1. The molecule has 1 fully saturated rings. The predicted molar refractivity (Wildman–Crippen MR) is 68.0 cm³/mol. The molecule has 1 aromatic heterocycles. The number of aromatic nitrogens is 2. The number of carbonyl (C=O) groups excluding carboxylic acids is 1. The zero-order valence-corrected chi connectivity index (χ0v) is 10.7. The van der Waals surface area contributed by atoms with Gasteiger partial charge in [-0.1, -0.05) is 19.8 Å². The van der Waals surface area contributed by atoms with Gasteiger partial charge in [0.2, 0.25) is 0 Å². The summed E-state index contributed by atoms with van der Waals surface area (Å²) in [6, 6.07) is 2.67. The van der Waals surface area contributed by atoms with E-state index in [-0.39, 0.29) is 0 Å². The summed E-state index contributed by atoms with van der Waals surface area (Å²) >= 11 is 0. The monoisotopic (exact) mass is 234 g/mol. The quantitative estimate of drug-likeness (QED) is 0.757. The highest BCUT2D eigenvalue weighted by Crippen LogP contribution is 2.28. The molecule has 1 aromatic rings. The maximum Gasteiger partial charge on any atom is 0.133 e. The fourth-order valence-electron chi connectivity index (χ4n) is 2.55. The van der Waals surface area contributed by atoms with Gasteiger partial charge in [-0.3, -0.25) is 9.48 Å². The molecule has 94 valence electrons. The van der Waals surface area contributed by atoms with E-state index in [0.29, 0.717) is 24.7 Å². The third-order valence-corrected chi connectivity index (χ3v) is 3.55. The number of carbonyl (C=O) groups is 1. The lowest BCUT2D eigenvalue weighted by Gasteiger charge is -2.08. The molecular formula is C14H22N2O. The SMILES string of the molecule is CCCC(=O)CCc1ccn(C2CCCC2)n1. The molecule has 0 unspecified atom stereocenters. The van der Waals surface area contributed by atoms with Gasteiger partial charge in [-0.2, -0.15) is 5.10 Å². The van der Waals surface area contributed by atoms with Crippen LogP contribution >= 0.6 is 0 Å². The largest absolute Gasteiger partial charge is 0.300 e. The van der Waals surface area contributed by atoms with Gasteiger partial charge in [-0.25, -0.2) is 0 Å². The molecule has 0 N–H and O–H groups in total. The van der Waals surface area contributed by atoms with Crippen molar-refractivity contribution in [3.8, 4) is 0 Å². The van der Waals surface area contributed by atoms with Gasteiger partial charge in [0.25, 0.3) is 0 Å². The van der Waals surface area contributed by atoms with Crippen molar-refractivity contribution in [3.63, 3.8) is 0 Å². The van der Waals surface area contributed by atoms with Crippen LogP contribution in [0.3, 0.4) is 0 Å². The van der Waals surface area contributed by atoms with E-state index in [1.807, 2.05) is 6.92 Å². The minimum absolute atomic E-state index is 0.364. The van der Waals surface area contributed by atoms with E-state index in [2.05, 4.69) is 22.0 Å². The fourth-order valence-corrected chi connectivity index (χ4v) is 2.55. The number of hydrogen-bond acceptors (Lipinski definition) is 2. The van der Waals surface area contributed by atoms with Crippen molar-refractivity contribution in [1.29, 1.82) is 0 Å². The Morgan fingerprint density at radius 1 is 1.41 bits per heavy atom. The molecule has 0 bridgehead atoms. The summed E-state index contributed by atoms with van der Waals surface area (Å²) in [5.74, 6) is 0.364. The van der Waals surface area contributed by atoms with Gasteiger partial charge >= 0.3 is 0 Å². The summed E-state index contributed by atoms with van der Waals surface area (Å²) in [6.45, 7) is 2.05. The minimum atomic E-state index is 0.364. The van der Waals surface area contributed by atoms with E-state index in [1.54, 1.807) is 0 Å². The molecule has 0 radical (unpaired) electrons. The normalized spacial score (nSPS) is 16.5. The van der Waals surface area contributed by atoms with Crippen LogP contribution in [0.2, 0.25) is 0 Å². The Kier molecular flexibility index (Phi) is 4.35. The highest BCUT2D eigenvalue weighted by Gasteiger charge is 2.17. The van der Waals surface area contributed by atoms with Crippen molar-refractivity contribution in [2.45, 2.75) is 64.3 Å². The number of aryl methyl sites for hydroxylation is 1. The minimum Gasteiger partial charge on any atom is -0.300 e. The van der Waals surface area contributed by atoms with Crippen molar-refractivity contribution < 1.29 is 4.79 Å². The molecule has 0 amide bonds. The molecule has 1 saturated carbocycles. The Balaban J connectivity index is 1.83. The molecule has 2 rings (SSSR count). The van der Waals surface area contributed by atoms with E-state index >= 15 is 0 Å². The maximum absolute atomic E-state index is 11.4. The molecule has 3 nitrogen and oxygen atoms in total. The van der Waals surface area contributed by atoms with Gasteiger partial charge in [0.1, 0.15) is 5.78 Å². The molecule has 1 aliphatic carbocycles. The number of rotatable bonds is 6. The second-order valence-electron chi connectivity index (χ2n) is 5.01. The van der Waals surface area contributed by atoms with E-state index in [1.165, 1.54) is 25.7 Å². The van der Waals surface area contributed by atoms with E-state index in [4.69, 9.17) is 0 Å². The Labute approximate surface area is 103 Å². The van der Waals surface area contributed by atoms with Gasteiger partial charge in [0.05, 0.1) is 11.7 Å². The smallest absolute Gasteiger partial charge is 0.133 e. The van der Waals surface area contributed by atoms with Crippen LogP contribution < -0.4 is 0 Å². The maximum atomic E-state index is 11.4. The standard InChI is InChI=1S/C14H22N2O/c1-2-5-14(17)9-8-12-10-11-16(15-12)13-6-3-4-7-13/h10-11,13H,2-9H2,1H3. The third kappa shape index (κ3) is 3.42. The van der Waals surface area contributed by atoms with Crippen LogP contribution in [0.25, 0.3) is 0 Å². The molecule has 1 heterocycles. The van der Waals surface area contributed by atoms with Crippen molar-refractivity contribution in [2.75, 3.05) is 0 Å². The van der Waals surface area contributed by atoms with Crippen LogP contribution in [0.15, 0.2) is 12.3 Å². The van der Waals surface area contributed by atoms with E-state index in [0.717, 1.165) is 18.5 Å². The van der Waals surface area contributed by atoms with Crippen LogP contribution in [0, 0.1) is 0 Å². The van der Waals surface area contributed by atoms with Crippen LogP contribution in [-0.2, 0) is 11.2 Å². The van der Waals surface area contributed by atoms with Gasteiger partial charge < -0.3 is 0 Å². The second kappa shape index (κ2) is 5.99. The van der Waals surface area contributed by atoms with Crippen LogP contribution in [0.5, 0.6) is 0 Å². The lowest BCUT2D eigenvalue weighted by Crippen LogP contribution is -2.06. The predicted octanol–water partition coefficient (Wildman–Crippen LogP) is 3.30.